The highest BCUT2D eigenvalue weighted by Crippen LogP contribution is 2.06. The Bertz CT molecular complexity index is 567. The van der Waals surface area contributed by atoms with E-state index in [2.05, 4.69) is 17.6 Å². The van der Waals surface area contributed by atoms with E-state index in [1.54, 1.807) is 0 Å². The van der Waals surface area contributed by atoms with Crippen LogP contribution in [0.4, 0.5) is 0 Å². The molecule has 0 aromatic heterocycles. The Labute approximate surface area is 142 Å². The Hall–Kier alpha value is -2.37. The summed E-state index contributed by atoms with van der Waals surface area (Å²) < 4.78 is 0. The van der Waals surface area contributed by atoms with Crippen molar-refractivity contribution < 1.29 is 19.5 Å². The van der Waals surface area contributed by atoms with Gasteiger partial charge in [0.15, 0.2) is 0 Å². The van der Waals surface area contributed by atoms with Crippen LogP contribution in [-0.4, -0.2) is 35.5 Å². The van der Waals surface area contributed by atoms with E-state index < -0.39 is 17.9 Å². The third-order valence-electron chi connectivity index (χ3n) is 3.58. The van der Waals surface area contributed by atoms with Crippen molar-refractivity contribution in [2.75, 3.05) is 6.54 Å². The van der Waals surface area contributed by atoms with Gasteiger partial charge >= 0.3 is 5.97 Å². The third-order valence-corrected chi connectivity index (χ3v) is 3.58. The number of benzene rings is 1. The molecule has 0 unspecified atom stereocenters. The number of carbonyl (C=O) groups excluding carboxylic acids is 2. The van der Waals surface area contributed by atoms with E-state index in [0.29, 0.717) is 6.42 Å². The van der Waals surface area contributed by atoms with Gasteiger partial charge in [0.1, 0.15) is 6.04 Å². The number of rotatable bonds is 9. The molecule has 0 spiro atoms. The summed E-state index contributed by atoms with van der Waals surface area (Å²) in [5.74, 6) is -1.70. The molecule has 1 aromatic rings. The topological polar surface area (TPSA) is 95.5 Å². The number of aliphatic carboxylic acids is 1. The normalized spacial score (nSPS) is 11.8. The Kier molecular flexibility index (Phi) is 7.95. The van der Waals surface area contributed by atoms with Gasteiger partial charge in [0.25, 0.3) is 0 Å². The minimum absolute atomic E-state index is 0.145. The van der Waals surface area contributed by atoms with Crippen LogP contribution < -0.4 is 10.6 Å². The quantitative estimate of drug-likeness (QED) is 0.638. The molecule has 0 aliphatic heterocycles. The lowest BCUT2D eigenvalue weighted by Crippen LogP contribution is -2.46. The molecule has 1 rings (SSSR count). The SMILES string of the molecule is CCc1ccc(CC(=O)NCC(=O)N[C@@H](CC(C)C)C(=O)O)cc1. The average Bonchev–Trinajstić information content (AvgIpc) is 2.52. The summed E-state index contributed by atoms with van der Waals surface area (Å²) >= 11 is 0. The summed E-state index contributed by atoms with van der Waals surface area (Å²) in [5, 5.41) is 14.0. The zero-order valence-corrected chi connectivity index (χ0v) is 14.5. The fourth-order valence-electron chi connectivity index (χ4n) is 2.26. The first-order chi connectivity index (χ1) is 11.3. The van der Waals surface area contributed by atoms with Crippen molar-refractivity contribution in [3.05, 3.63) is 35.4 Å². The minimum atomic E-state index is -1.07. The molecule has 0 aliphatic rings. The number of aryl methyl sites for hydroxylation is 1. The molecule has 0 saturated heterocycles. The van der Waals surface area contributed by atoms with Crippen LogP contribution in [0.1, 0.15) is 38.3 Å². The second kappa shape index (κ2) is 9.70. The molecule has 0 fully saturated rings. The number of carbonyl (C=O) groups is 3. The fraction of sp³-hybridized carbons (Fsp3) is 0.500. The average molecular weight is 334 g/mol. The molecule has 132 valence electrons. The second-order valence-electron chi connectivity index (χ2n) is 6.21. The molecule has 3 N–H and O–H groups in total. The van der Waals surface area contributed by atoms with Crippen LogP contribution in [0.2, 0.25) is 0 Å². The van der Waals surface area contributed by atoms with E-state index in [1.807, 2.05) is 38.1 Å². The van der Waals surface area contributed by atoms with Crippen molar-refractivity contribution in [3.8, 4) is 0 Å². The molecule has 6 heteroatoms. The van der Waals surface area contributed by atoms with Crippen molar-refractivity contribution in [3.63, 3.8) is 0 Å². The fourth-order valence-corrected chi connectivity index (χ4v) is 2.26. The van der Waals surface area contributed by atoms with E-state index >= 15 is 0 Å². The van der Waals surface area contributed by atoms with Gasteiger partial charge in [-0.25, -0.2) is 4.79 Å². The standard InChI is InChI=1S/C18H26N2O4/c1-4-13-5-7-14(8-6-13)10-16(21)19-11-17(22)20-15(18(23)24)9-12(2)3/h5-8,12,15H,4,9-11H2,1-3H3,(H,19,21)(H,20,22)(H,23,24)/t15-/m0/s1. The number of hydrogen-bond donors (Lipinski definition) is 3. The summed E-state index contributed by atoms with van der Waals surface area (Å²) in [6, 6.07) is 6.79. The van der Waals surface area contributed by atoms with Crippen molar-refractivity contribution in [2.24, 2.45) is 5.92 Å². The Morgan fingerprint density at radius 1 is 1.04 bits per heavy atom. The van der Waals surface area contributed by atoms with Gasteiger partial charge in [0.05, 0.1) is 13.0 Å². The maximum atomic E-state index is 11.9. The first-order valence-corrected chi connectivity index (χ1v) is 8.18. The van der Waals surface area contributed by atoms with Crippen molar-refractivity contribution in [2.45, 2.75) is 46.1 Å². The first kappa shape index (κ1) is 19.7. The predicted octanol–water partition coefficient (Wildman–Crippen LogP) is 1.52. The maximum Gasteiger partial charge on any atom is 0.326 e. The van der Waals surface area contributed by atoms with Crippen LogP contribution in [-0.2, 0) is 27.2 Å². The van der Waals surface area contributed by atoms with Crippen molar-refractivity contribution in [1.29, 1.82) is 0 Å². The Balaban J connectivity index is 2.41. The van der Waals surface area contributed by atoms with Gasteiger partial charge in [0.2, 0.25) is 11.8 Å². The maximum absolute atomic E-state index is 11.9. The number of amides is 2. The molecule has 0 saturated carbocycles. The molecule has 0 bridgehead atoms. The molecule has 1 aromatic carbocycles. The highest BCUT2D eigenvalue weighted by atomic mass is 16.4. The summed E-state index contributed by atoms with van der Waals surface area (Å²) in [7, 11) is 0. The Morgan fingerprint density at radius 3 is 2.12 bits per heavy atom. The first-order valence-electron chi connectivity index (χ1n) is 8.18. The molecule has 0 radical (unpaired) electrons. The molecule has 2 amide bonds. The van der Waals surface area contributed by atoms with E-state index in [9.17, 15) is 14.4 Å². The van der Waals surface area contributed by atoms with Crippen LogP contribution in [0.5, 0.6) is 0 Å². The third kappa shape index (κ3) is 7.26. The zero-order valence-electron chi connectivity index (χ0n) is 14.5. The van der Waals surface area contributed by atoms with E-state index in [-0.39, 0.29) is 24.8 Å². The van der Waals surface area contributed by atoms with Gasteiger partial charge in [-0.15, -0.1) is 0 Å². The van der Waals surface area contributed by atoms with Gasteiger partial charge in [-0.2, -0.15) is 0 Å². The molecular weight excluding hydrogens is 308 g/mol. The monoisotopic (exact) mass is 334 g/mol. The zero-order chi connectivity index (χ0) is 18.1. The molecule has 0 heterocycles. The second-order valence-corrected chi connectivity index (χ2v) is 6.21. The predicted molar refractivity (Wildman–Crippen MR) is 91.6 cm³/mol. The highest BCUT2D eigenvalue weighted by molar-refractivity contribution is 5.88. The summed E-state index contributed by atoms with van der Waals surface area (Å²) in [6.45, 7) is 5.60. The lowest BCUT2D eigenvalue weighted by molar-refractivity contribution is -0.142. The Morgan fingerprint density at radius 2 is 1.62 bits per heavy atom. The van der Waals surface area contributed by atoms with Gasteiger partial charge in [-0.05, 0) is 29.9 Å². The lowest BCUT2D eigenvalue weighted by atomic mass is 10.0. The summed E-state index contributed by atoms with van der Waals surface area (Å²) in [6.07, 6.45) is 1.47. The number of hydrogen-bond acceptors (Lipinski definition) is 3. The number of nitrogens with one attached hydrogen (secondary N) is 2. The smallest absolute Gasteiger partial charge is 0.326 e. The largest absolute Gasteiger partial charge is 0.480 e. The highest BCUT2D eigenvalue weighted by Gasteiger charge is 2.21. The molecule has 0 aliphatic carbocycles. The summed E-state index contributed by atoms with van der Waals surface area (Å²) in [4.78, 5) is 34.8. The molecule has 6 nitrogen and oxygen atoms in total. The van der Waals surface area contributed by atoms with Crippen LogP contribution in [0, 0.1) is 5.92 Å². The molecule has 1 atom stereocenters. The van der Waals surface area contributed by atoms with Gasteiger partial charge < -0.3 is 15.7 Å². The lowest BCUT2D eigenvalue weighted by Gasteiger charge is -2.16. The minimum Gasteiger partial charge on any atom is -0.480 e. The molecule has 24 heavy (non-hydrogen) atoms. The van der Waals surface area contributed by atoms with Crippen LogP contribution in [0.3, 0.4) is 0 Å². The van der Waals surface area contributed by atoms with E-state index in [1.165, 1.54) is 5.56 Å². The van der Waals surface area contributed by atoms with Gasteiger partial charge in [-0.3, -0.25) is 9.59 Å². The van der Waals surface area contributed by atoms with E-state index in [4.69, 9.17) is 5.11 Å². The van der Waals surface area contributed by atoms with Gasteiger partial charge in [0, 0.05) is 0 Å². The van der Waals surface area contributed by atoms with Crippen molar-refractivity contribution >= 4 is 17.8 Å². The number of carboxylic acids is 1. The number of carboxylic acid groups (broad SMARTS) is 1. The van der Waals surface area contributed by atoms with Gasteiger partial charge in [-0.1, -0.05) is 45.0 Å². The van der Waals surface area contributed by atoms with E-state index in [0.717, 1.165) is 12.0 Å². The van der Waals surface area contributed by atoms with Crippen LogP contribution in [0.25, 0.3) is 0 Å². The molecular formula is C18H26N2O4. The van der Waals surface area contributed by atoms with Crippen molar-refractivity contribution in [1.82, 2.24) is 10.6 Å². The van der Waals surface area contributed by atoms with Crippen LogP contribution >= 0.6 is 0 Å². The summed E-state index contributed by atoms with van der Waals surface area (Å²) in [5.41, 5.74) is 2.07. The van der Waals surface area contributed by atoms with Crippen LogP contribution in [0.15, 0.2) is 24.3 Å².